The summed E-state index contributed by atoms with van der Waals surface area (Å²) in [6.07, 6.45) is 7.13. The van der Waals surface area contributed by atoms with Crippen molar-refractivity contribution in [3.63, 3.8) is 0 Å². The largest absolute Gasteiger partial charge is 0.356 e. The Morgan fingerprint density at radius 1 is 1.24 bits per heavy atom. The van der Waals surface area contributed by atoms with Gasteiger partial charge >= 0.3 is 0 Å². The van der Waals surface area contributed by atoms with Gasteiger partial charge in [0, 0.05) is 18.5 Å². The molecule has 7 heteroatoms. The Bertz CT molecular complexity index is 761. The molecule has 1 aromatic rings. The summed E-state index contributed by atoms with van der Waals surface area (Å²) in [6, 6.07) is 7.66. The summed E-state index contributed by atoms with van der Waals surface area (Å²) in [5, 5.41) is 8.02. The van der Waals surface area contributed by atoms with E-state index in [1.165, 1.54) is 12.2 Å². The number of aldehydes is 1. The fourth-order valence-electron chi connectivity index (χ4n) is 3.15. The second-order valence-corrected chi connectivity index (χ2v) is 6.95. The van der Waals surface area contributed by atoms with Crippen molar-refractivity contribution in [3.8, 4) is 0 Å². The fourth-order valence-corrected chi connectivity index (χ4v) is 3.15. The van der Waals surface area contributed by atoms with E-state index in [0.717, 1.165) is 12.0 Å². The molecule has 3 N–H and O–H groups in total. The number of hydrogen-bond donors (Lipinski definition) is 3. The molecule has 3 amide bonds. The van der Waals surface area contributed by atoms with E-state index in [0.29, 0.717) is 19.3 Å². The minimum atomic E-state index is -0.858. The van der Waals surface area contributed by atoms with Gasteiger partial charge in [0.1, 0.15) is 12.3 Å². The first-order valence-corrected chi connectivity index (χ1v) is 9.71. The first-order chi connectivity index (χ1) is 14.0. The Labute approximate surface area is 170 Å². The average Bonchev–Trinajstić information content (AvgIpc) is 2.73. The quantitative estimate of drug-likeness (QED) is 0.315. The van der Waals surface area contributed by atoms with Gasteiger partial charge in [-0.25, -0.2) is 0 Å². The molecule has 154 valence electrons. The van der Waals surface area contributed by atoms with Crippen molar-refractivity contribution in [2.45, 2.75) is 37.8 Å². The summed E-state index contributed by atoms with van der Waals surface area (Å²) in [7, 11) is 0. The van der Waals surface area contributed by atoms with Crippen LogP contribution in [0.3, 0.4) is 0 Å². The van der Waals surface area contributed by atoms with Gasteiger partial charge in [-0.15, -0.1) is 6.58 Å². The van der Waals surface area contributed by atoms with Crippen LogP contribution < -0.4 is 16.0 Å². The second-order valence-electron chi connectivity index (χ2n) is 6.95. The van der Waals surface area contributed by atoms with Crippen LogP contribution in [0.1, 0.15) is 31.2 Å². The standard InChI is InChI=1S/C22H27N3O4/c1-2-7-19(25-20(27)12-11-16-8-4-3-5-9-16)22(29)24-18(15-26)14-17-10-6-13-23-21(17)28/h2-5,8-9,11-12,15,17-19H,1,6-7,10,13-14H2,(H,23,28)(H,24,29)(H,25,27)/b12-11+/t17-,18-,19-/m0/s1. The second kappa shape index (κ2) is 11.6. The summed E-state index contributed by atoms with van der Waals surface area (Å²) in [5.74, 6) is -1.32. The summed E-state index contributed by atoms with van der Waals surface area (Å²) < 4.78 is 0. The van der Waals surface area contributed by atoms with Gasteiger partial charge in [0.25, 0.3) is 0 Å². The molecular formula is C22H27N3O4. The molecule has 1 heterocycles. The Kier molecular flexibility index (Phi) is 8.82. The first-order valence-electron chi connectivity index (χ1n) is 9.71. The van der Waals surface area contributed by atoms with E-state index in [-0.39, 0.29) is 24.7 Å². The molecule has 1 aromatic carbocycles. The lowest BCUT2D eigenvalue weighted by Gasteiger charge is -2.25. The SMILES string of the molecule is C=CC[C@H](NC(=O)/C=C/c1ccccc1)C(=O)N[C@H](C=O)C[C@@H]1CCCNC1=O. The van der Waals surface area contributed by atoms with E-state index in [4.69, 9.17) is 0 Å². The van der Waals surface area contributed by atoms with Gasteiger partial charge in [0.2, 0.25) is 17.7 Å². The maximum Gasteiger partial charge on any atom is 0.244 e. The van der Waals surface area contributed by atoms with Crippen molar-refractivity contribution in [1.82, 2.24) is 16.0 Å². The highest BCUT2D eigenvalue weighted by Crippen LogP contribution is 2.17. The predicted molar refractivity (Wildman–Crippen MR) is 111 cm³/mol. The van der Waals surface area contributed by atoms with E-state index in [1.54, 1.807) is 6.08 Å². The lowest BCUT2D eigenvalue weighted by Crippen LogP contribution is -2.50. The van der Waals surface area contributed by atoms with Gasteiger partial charge in [-0.3, -0.25) is 14.4 Å². The highest BCUT2D eigenvalue weighted by molar-refractivity contribution is 5.96. The topological polar surface area (TPSA) is 104 Å². The summed E-state index contributed by atoms with van der Waals surface area (Å²) in [6.45, 7) is 4.25. The summed E-state index contributed by atoms with van der Waals surface area (Å²) in [4.78, 5) is 48.1. The molecule has 1 saturated heterocycles. The minimum Gasteiger partial charge on any atom is -0.356 e. The molecule has 0 aliphatic carbocycles. The lowest BCUT2D eigenvalue weighted by molar-refractivity contribution is -0.130. The Morgan fingerprint density at radius 3 is 2.66 bits per heavy atom. The van der Waals surface area contributed by atoms with Crippen LogP contribution in [0.5, 0.6) is 0 Å². The van der Waals surface area contributed by atoms with Crippen LogP contribution in [0.4, 0.5) is 0 Å². The van der Waals surface area contributed by atoms with Crippen molar-refractivity contribution in [1.29, 1.82) is 0 Å². The molecule has 1 aliphatic heterocycles. The Morgan fingerprint density at radius 2 is 2.00 bits per heavy atom. The van der Waals surface area contributed by atoms with Crippen LogP contribution in [0.2, 0.25) is 0 Å². The van der Waals surface area contributed by atoms with Crippen LogP contribution in [0, 0.1) is 5.92 Å². The minimum absolute atomic E-state index is 0.0978. The molecule has 0 unspecified atom stereocenters. The first kappa shape index (κ1) is 22.1. The van der Waals surface area contributed by atoms with Gasteiger partial charge < -0.3 is 20.7 Å². The molecule has 0 bridgehead atoms. The number of hydrogen-bond acceptors (Lipinski definition) is 4. The van der Waals surface area contributed by atoms with Gasteiger partial charge in [-0.05, 0) is 37.3 Å². The van der Waals surface area contributed by atoms with Gasteiger partial charge in [0.05, 0.1) is 6.04 Å². The molecule has 1 aliphatic rings. The number of carbonyl (C=O) groups is 4. The Balaban J connectivity index is 1.93. The molecule has 2 rings (SSSR count). The number of nitrogens with one attached hydrogen (secondary N) is 3. The third kappa shape index (κ3) is 7.37. The van der Waals surface area contributed by atoms with Crippen LogP contribution in [-0.4, -0.2) is 42.6 Å². The number of rotatable bonds is 10. The molecule has 0 aromatic heterocycles. The Hall–Kier alpha value is -3.22. The zero-order valence-electron chi connectivity index (χ0n) is 16.3. The number of piperidine rings is 1. The number of amides is 3. The van der Waals surface area contributed by atoms with Gasteiger partial charge in [-0.2, -0.15) is 0 Å². The highest BCUT2D eigenvalue weighted by Gasteiger charge is 2.28. The van der Waals surface area contributed by atoms with Gasteiger partial charge in [-0.1, -0.05) is 36.4 Å². The molecule has 0 spiro atoms. The molecule has 7 nitrogen and oxygen atoms in total. The maximum atomic E-state index is 12.6. The molecule has 0 radical (unpaired) electrons. The normalized spacial score (nSPS) is 18.3. The summed E-state index contributed by atoms with van der Waals surface area (Å²) in [5.41, 5.74) is 0.860. The molecule has 3 atom stereocenters. The van der Waals surface area contributed by atoms with Crippen molar-refractivity contribution in [2.75, 3.05) is 6.54 Å². The third-order valence-electron chi connectivity index (χ3n) is 4.69. The van der Waals surface area contributed by atoms with Gasteiger partial charge in [0.15, 0.2) is 0 Å². The average molecular weight is 397 g/mol. The zero-order valence-corrected chi connectivity index (χ0v) is 16.3. The fraction of sp³-hybridized carbons (Fsp3) is 0.364. The van der Waals surface area contributed by atoms with E-state index in [2.05, 4.69) is 22.5 Å². The van der Waals surface area contributed by atoms with Crippen LogP contribution in [-0.2, 0) is 19.2 Å². The predicted octanol–water partition coefficient (Wildman–Crippen LogP) is 1.36. The summed E-state index contributed by atoms with van der Waals surface area (Å²) >= 11 is 0. The number of carbonyl (C=O) groups excluding carboxylic acids is 4. The molecule has 0 saturated carbocycles. The van der Waals surface area contributed by atoms with E-state index in [1.807, 2.05) is 30.3 Å². The van der Waals surface area contributed by atoms with Crippen molar-refractivity contribution in [3.05, 3.63) is 54.6 Å². The highest BCUT2D eigenvalue weighted by atomic mass is 16.2. The van der Waals surface area contributed by atoms with Crippen molar-refractivity contribution < 1.29 is 19.2 Å². The van der Waals surface area contributed by atoms with Crippen LogP contribution in [0.25, 0.3) is 6.08 Å². The van der Waals surface area contributed by atoms with E-state index < -0.39 is 23.9 Å². The van der Waals surface area contributed by atoms with E-state index in [9.17, 15) is 19.2 Å². The molecule has 29 heavy (non-hydrogen) atoms. The van der Waals surface area contributed by atoms with E-state index >= 15 is 0 Å². The monoisotopic (exact) mass is 397 g/mol. The maximum absolute atomic E-state index is 12.6. The van der Waals surface area contributed by atoms with Crippen molar-refractivity contribution in [2.24, 2.45) is 5.92 Å². The zero-order chi connectivity index (χ0) is 21.1. The molecular weight excluding hydrogens is 370 g/mol. The number of benzene rings is 1. The lowest BCUT2D eigenvalue weighted by atomic mass is 9.92. The molecule has 1 fully saturated rings. The van der Waals surface area contributed by atoms with Crippen LogP contribution >= 0.6 is 0 Å². The van der Waals surface area contributed by atoms with Crippen LogP contribution in [0.15, 0.2) is 49.1 Å². The van der Waals surface area contributed by atoms with Crippen molar-refractivity contribution >= 4 is 30.1 Å². The third-order valence-corrected chi connectivity index (χ3v) is 4.69. The smallest absolute Gasteiger partial charge is 0.244 e.